The van der Waals surface area contributed by atoms with Gasteiger partial charge in [0.2, 0.25) is 0 Å². The first kappa shape index (κ1) is 30.7. The van der Waals surface area contributed by atoms with Gasteiger partial charge in [-0.2, -0.15) is 0 Å². The maximum Gasteiger partial charge on any atom is 0.0713 e. The van der Waals surface area contributed by atoms with Crippen LogP contribution in [-0.4, -0.2) is 0 Å². The molecule has 52 heavy (non-hydrogen) atoms. The maximum absolute atomic E-state index is 2.49. The number of anilines is 3. The third kappa shape index (κ3) is 4.67. The summed E-state index contributed by atoms with van der Waals surface area (Å²) in [5.74, 6) is 5.18. The number of hydrogen-bond donors (Lipinski definition) is 0. The molecule has 6 aromatic carbocycles. The van der Waals surface area contributed by atoms with Crippen molar-refractivity contribution in [3.63, 3.8) is 0 Å². The summed E-state index contributed by atoms with van der Waals surface area (Å²) < 4.78 is 0. The van der Waals surface area contributed by atoms with Gasteiger partial charge < -0.3 is 4.90 Å². The zero-order valence-electron chi connectivity index (χ0n) is 30.0. The Morgan fingerprint density at radius 3 is 1.25 bits per heavy atom. The van der Waals surface area contributed by atoms with Crippen LogP contribution in [0.25, 0.3) is 11.1 Å². The van der Waals surface area contributed by atoms with Crippen LogP contribution in [0, 0.1) is 23.7 Å². The summed E-state index contributed by atoms with van der Waals surface area (Å²) in [6.45, 7) is 0. The van der Waals surface area contributed by atoms with Crippen LogP contribution < -0.4 is 4.90 Å². The highest BCUT2D eigenvalue weighted by Crippen LogP contribution is 2.57. The maximum atomic E-state index is 2.49. The number of benzene rings is 6. The Labute approximate surface area is 309 Å². The predicted octanol–water partition coefficient (Wildman–Crippen LogP) is 13.3. The summed E-state index contributed by atoms with van der Waals surface area (Å²) in [5.41, 5.74) is 14.4. The molecule has 1 heteroatoms. The van der Waals surface area contributed by atoms with Crippen LogP contribution >= 0.6 is 0 Å². The largest absolute Gasteiger partial charge is 0.311 e. The molecule has 4 saturated carbocycles. The molecule has 4 fully saturated rings. The normalized spacial score (nSPS) is 26.0. The topological polar surface area (TPSA) is 3.24 Å². The fourth-order valence-corrected chi connectivity index (χ4v) is 12.1. The van der Waals surface area contributed by atoms with E-state index >= 15 is 0 Å². The molecule has 1 nitrogen and oxygen atoms in total. The lowest BCUT2D eigenvalue weighted by molar-refractivity contribution is 0.420. The third-order valence-corrected chi connectivity index (χ3v) is 14.4. The standard InChI is InChI=1S/C51H47N/c1-2-8-40(9-3-1)51(49-12-6-4-10-45(49)46-11-5-7-13-50(46)51)41-22-28-44(29-23-41)52(42-24-18-36(19-25-42)47-32-34-14-16-38(47)30-34)43-26-20-37(21-27-43)48-33-35-15-17-39(48)31-35/h1-13,18-29,34-35,38-39,47-48H,14-17,30-33H2. The monoisotopic (exact) mass is 673 g/mol. The van der Waals surface area contributed by atoms with Crippen molar-refractivity contribution >= 4 is 17.1 Å². The van der Waals surface area contributed by atoms with Gasteiger partial charge in [-0.3, -0.25) is 0 Å². The van der Waals surface area contributed by atoms with Crippen LogP contribution in [0.5, 0.6) is 0 Å². The summed E-state index contributed by atoms with van der Waals surface area (Å²) in [5, 5.41) is 0. The van der Waals surface area contributed by atoms with Gasteiger partial charge in [-0.15, -0.1) is 0 Å². The van der Waals surface area contributed by atoms with Crippen molar-refractivity contribution in [2.75, 3.05) is 4.90 Å². The molecule has 6 atom stereocenters. The molecule has 0 radical (unpaired) electrons. The lowest BCUT2D eigenvalue weighted by atomic mass is 9.68. The Bertz CT molecular complexity index is 2110. The van der Waals surface area contributed by atoms with Crippen molar-refractivity contribution in [2.45, 2.75) is 68.6 Å². The van der Waals surface area contributed by atoms with E-state index in [-0.39, 0.29) is 5.41 Å². The molecule has 4 bridgehead atoms. The van der Waals surface area contributed by atoms with E-state index in [1.54, 1.807) is 11.1 Å². The highest BCUT2D eigenvalue weighted by Gasteiger charge is 2.46. The van der Waals surface area contributed by atoms with Crippen LogP contribution in [0.3, 0.4) is 0 Å². The van der Waals surface area contributed by atoms with Gasteiger partial charge in [0, 0.05) is 17.1 Å². The Kier molecular flexibility index (Phi) is 7.14. The lowest BCUT2D eigenvalue weighted by Crippen LogP contribution is -2.28. The summed E-state index contributed by atoms with van der Waals surface area (Å²) >= 11 is 0. The first-order valence-corrected chi connectivity index (χ1v) is 20.1. The van der Waals surface area contributed by atoms with E-state index in [2.05, 4.69) is 157 Å². The zero-order valence-corrected chi connectivity index (χ0v) is 30.0. The van der Waals surface area contributed by atoms with E-state index in [9.17, 15) is 0 Å². The molecular formula is C51H47N. The average Bonchev–Trinajstić information content (AvgIpc) is 4.07. The molecule has 0 heterocycles. The first-order valence-electron chi connectivity index (χ1n) is 20.1. The highest BCUT2D eigenvalue weighted by atomic mass is 15.1. The molecule has 0 aromatic heterocycles. The highest BCUT2D eigenvalue weighted by molar-refractivity contribution is 5.86. The zero-order chi connectivity index (χ0) is 34.2. The number of hydrogen-bond acceptors (Lipinski definition) is 1. The van der Waals surface area contributed by atoms with Crippen LogP contribution in [0.4, 0.5) is 17.1 Å². The second-order valence-electron chi connectivity index (χ2n) is 16.8. The fraction of sp³-hybridized carbons (Fsp3) is 0.294. The molecule has 256 valence electrons. The molecule has 0 N–H and O–H groups in total. The number of rotatable bonds is 7. The molecule has 6 aromatic rings. The summed E-state index contributed by atoms with van der Waals surface area (Å²) in [6.07, 6.45) is 11.4. The molecule has 5 aliphatic rings. The Balaban J connectivity index is 1.01. The number of nitrogens with zero attached hydrogens (tertiary/aromatic N) is 1. The van der Waals surface area contributed by atoms with Crippen molar-refractivity contribution in [2.24, 2.45) is 23.7 Å². The van der Waals surface area contributed by atoms with Crippen molar-refractivity contribution in [1.29, 1.82) is 0 Å². The van der Waals surface area contributed by atoms with Gasteiger partial charge in [0.15, 0.2) is 0 Å². The molecule has 11 rings (SSSR count). The van der Waals surface area contributed by atoms with Crippen LogP contribution in [0.15, 0.2) is 152 Å². The molecule has 6 unspecified atom stereocenters. The van der Waals surface area contributed by atoms with Crippen LogP contribution in [0.1, 0.15) is 96.6 Å². The smallest absolute Gasteiger partial charge is 0.0713 e. The Hall–Kier alpha value is -4.88. The van der Waals surface area contributed by atoms with Gasteiger partial charge >= 0.3 is 0 Å². The quantitative estimate of drug-likeness (QED) is 0.163. The van der Waals surface area contributed by atoms with Crippen LogP contribution in [-0.2, 0) is 5.41 Å². The van der Waals surface area contributed by atoms with E-state index in [1.807, 2.05) is 0 Å². The second kappa shape index (κ2) is 12.1. The van der Waals surface area contributed by atoms with E-state index in [4.69, 9.17) is 0 Å². The van der Waals surface area contributed by atoms with E-state index < -0.39 is 0 Å². The van der Waals surface area contributed by atoms with Gasteiger partial charge in [-0.1, -0.05) is 128 Å². The Morgan fingerprint density at radius 1 is 0.385 bits per heavy atom. The van der Waals surface area contributed by atoms with Crippen molar-refractivity contribution in [3.05, 3.63) is 185 Å². The minimum atomic E-state index is -0.386. The van der Waals surface area contributed by atoms with Gasteiger partial charge in [-0.05, 0) is 155 Å². The lowest BCUT2D eigenvalue weighted by Gasteiger charge is -2.34. The third-order valence-electron chi connectivity index (χ3n) is 14.4. The minimum absolute atomic E-state index is 0.386. The van der Waals surface area contributed by atoms with E-state index in [0.717, 1.165) is 35.5 Å². The predicted molar refractivity (Wildman–Crippen MR) is 215 cm³/mol. The molecule has 0 amide bonds. The minimum Gasteiger partial charge on any atom is -0.311 e. The summed E-state index contributed by atoms with van der Waals surface area (Å²) in [6, 6.07) is 58.1. The molecular weight excluding hydrogens is 627 g/mol. The summed E-state index contributed by atoms with van der Waals surface area (Å²) in [7, 11) is 0. The van der Waals surface area contributed by atoms with E-state index in [1.165, 1.54) is 102 Å². The van der Waals surface area contributed by atoms with E-state index in [0.29, 0.717) is 0 Å². The molecule has 0 saturated heterocycles. The molecule has 0 spiro atoms. The second-order valence-corrected chi connectivity index (χ2v) is 16.8. The van der Waals surface area contributed by atoms with Crippen molar-refractivity contribution in [1.82, 2.24) is 0 Å². The van der Waals surface area contributed by atoms with Crippen molar-refractivity contribution in [3.8, 4) is 11.1 Å². The molecule has 5 aliphatic carbocycles. The van der Waals surface area contributed by atoms with Crippen molar-refractivity contribution < 1.29 is 0 Å². The van der Waals surface area contributed by atoms with Gasteiger partial charge in [0.05, 0.1) is 5.41 Å². The molecule has 0 aliphatic heterocycles. The van der Waals surface area contributed by atoms with Crippen LogP contribution in [0.2, 0.25) is 0 Å². The summed E-state index contributed by atoms with van der Waals surface area (Å²) in [4.78, 5) is 2.49. The first-order chi connectivity index (χ1) is 25.7. The average molecular weight is 674 g/mol. The van der Waals surface area contributed by atoms with Gasteiger partial charge in [0.25, 0.3) is 0 Å². The SMILES string of the molecule is c1ccc(C2(c3ccc(N(c4ccc(C5CC6CCC5C6)cc4)c4ccc(C5CC6CCC5C6)cc4)cc3)c3ccccc3-c3ccccc32)cc1. The van der Waals surface area contributed by atoms with Gasteiger partial charge in [0.1, 0.15) is 0 Å². The van der Waals surface area contributed by atoms with Gasteiger partial charge in [-0.25, -0.2) is 0 Å². The fourth-order valence-electron chi connectivity index (χ4n) is 12.1. The Morgan fingerprint density at radius 2 is 0.808 bits per heavy atom. The number of fused-ring (bicyclic) bond motifs is 7.